The number of aromatic nitrogens is 1. The van der Waals surface area contributed by atoms with Gasteiger partial charge in [-0.3, -0.25) is 14.4 Å². The third-order valence-corrected chi connectivity index (χ3v) is 6.96. The monoisotopic (exact) mass is 486 g/mol. The van der Waals surface area contributed by atoms with Crippen LogP contribution in [-0.2, 0) is 0 Å². The van der Waals surface area contributed by atoms with E-state index in [0.29, 0.717) is 30.1 Å². The molecule has 0 saturated heterocycles. The minimum atomic E-state index is -1.21. The number of hydrogen-bond donors (Lipinski definition) is 1. The first-order chi connectivity index (χ1) is 17.3. The molecule has 1 aromatic heterocycles. The van der Waals surface area contributed by atoms with E-state index in [4.69, 9.17) is 0 Å². The first kappa shape index (κ1) is 25.5. The maximum atomic E-state index is 13.4. The second kappa shape index (κ2) is 10.6. The molecule has 0 bridgehead atoms. The summed E-state index contributed by atoms with van der Waals surface area (Å²) in [4.78, 5) is 46.3. The number of rotatable bonds is 9. The Labute approximate surface area is 212 Å². The van der Waals surface area contributed by atoms with E-state index in [9.17, 15) is 19.5 Å². The number of ketones is 2. The Hall–Kier alpha value is -3.54. The van der Waals surface area contributed by atoms with E-state index in [2.05, 4.69) is 32.7 Å². The maximum Gasteiger partial charge on any atom is 0.253 e. The SMILES string of the molecule is CCCCN(CCCC)C(=O)c1ccc2c(c1)C(=O)C(c1nc3ccc(C(C)C)cc3cc1O)C2=O. The van der Waals surface area contributed by atoms with Crippen molar-refractivity contribution in [1.82, 2.24) is 9.88 Å². The average Bonchev–Trinajstić information content (AvgIpc) is 3.12. The molecule has 4 rings (SSSR count). The molecule has 188 valence electrons. The van der Waals surface area contributed by atoms with Gasteiger partial charge in [0.05, 0.1) is 5.52 Å². The number of unbranched alkanes of at least 4 members (excludes halogenated alkanes) is 2. The number of Topliss-reactive ketones (excluding diaryl/α,β-unsaturated/α-hetero) is 2. The minimum absolute atomic E-state index is 0.0615. The van der Waals surface area contributed by atoms with E-state index in [1.54, 1.807) is 18.2 Å². The Bertz CT molecular complexity index is 1320. The molecule has 3 aromatic rings. The van der Waals surface area contributed by atoms with Gasteiger partial charge >= 0.3 is 0 Å². The number of amides is 1. The van der Waals surface area contributed by atoms with Gasteiger partial charge in [0.15, 0.2) is 11.6 Å². The number of carbonyl (C=O) groups excluding carboxylic acids is 3. The van der Waals surface area contributed by atoms with Crippen LogP contribution in [0, 0.1) is 0 Å². The fourth-order valence-corrected chi connectivity index (χ4v) is 4.74. The Kier molecular flexibility index (Phi) is 7.53. The minimum Gasteiger partial charge on any atom is -0.506 e. The lowest BCUT2D eigenvalue weighted by atomic mass is 9.96. The van der Waals surface area contributed by atoms with Gasteiger partial charge in [-0.25, -0.2) is 4.98 Å². The Morgan fingerprint density at radius 3 is 2.25 bits per heavy atom. The summed E-state index contributed by atoms with van der Waals surface area (Å²) in [7, 11) is 0. The fourth-order valence-electron chi connectivity index (χ4n) is 4.74. The summed E-state index contributed by atoms with van der Waals surface area (Å²) in [5.41, 5.74) is 2.68. The van der Waals surface area contributed by atoms with Gasteiger partial charge in [0, 0.05) is 35.2 Å². The fraction of sp³-hybridized carbons (Fsp3) is 0.400. The van der Waals surface area contributed by atoms with Crippen molar-refractivity contribution in [3.05, 3.63) is 70.4 Å². The molecular weight excluding hydrogens is 452 g/mol. The van der Waals surface area contributed by atoms with Crippen LogP contribution in [0.5, 0.6) is 5.75 Å². The molecule has 6 heteroatoms. The highest BCUT2D eigenvalue weighted by molar-refractivity contribution is 6.30. The summed E-state index contributed by atoms with van der Waals surface area (Å²) in [6.07, 6.45) is 3.78. The molecule has 6 nitrogen and oxygen atoms in total. The number of benzene rings is 2. The summed E-state index contributed by atoms with van der Waals surface area (Å²) >= 11 is 0. The smallest absolute Gasteiger partial charge is 0.253 e. The molecule has 1 amide bonds. The lowest BCUT2D eigenvalue weighted by Gasteiger charge is -2.22. The van der Waals surface area contributed by atoms with Gasteiger partial charge in [0.25, 0.3) is 5.91 Å². The van der Waals surface area contributed by atoms with Crippen molar-refractivity contribution in [2.24, 2.45) is 0 Å². The standard InChI is InChI=1S/C30H34N2O4/c1-5-7-13-32(14-8-6-2)30(36)20-9-11-22-23(16-20)29(35)26(28(22)34)27-25(33)17-21-15-19(18(3)4)10-12-24(21)31-27/h9-12,15-18,26,33H,5-8,13-14H2,1-4H3. The van der Waals surface area contributed by atoms with Crippen molar-refractivity contribution >= 4 is 28.4 Å². The Morgan fingerprint density at radius 2 is 1.61 bits per heavy atom. The highest BCUT2D eigenvalue weighted by Gasteiger charge is 2.42. The van der Waals surface area contributed by atoms with E-state index in [1.807, 2.05) is 23.1 Å². The first-order valence-corrected chi connectivity index (χ1v) is 12.9. The Balaban J connectivity index is 1.67. The van der Waals surface area contributed by atoms with Crippen LogP contribution in [0.25, 0.3) is 10.9 Å². The lowest BCUT2D eigenvalue weighted by molar-refractivity contribution is 0.0750. The van der Waals surface area contributed by atoms with Crippen LogP contribution in [0.1, 0.15) is 108 Å². The normalized spacial score (nSPS) is 15.1. The Morgan fingerprint density at radius 1 is 0.944 bits per heavy atom. The zero-order valence-corrected chi connectivity index (χ0v) is 21.5. The molecule has 1 atom stereocenters. The second-order valence-electron chi connectivity index (χ2n) is 9.92. The van der Waals surface area contributed by atoms with Gasteiger partial charge in [0.2, 0.25) is 0 Å². The highest BCUT2D eigenvalue weighted by Crippen LogP contribution is 2.38. The molecule has 1 aliphatic rings. The largest absolute Gasteiger partial charge is 0.506 e. The summed E-state index contributed by atoms with van der Waals surface area (Å²) in [5.74, 6) is -2.03. The molecule has 0 spiro atoms. The molecular formula is C30H34N2O4. The van der Waals surface area contributed by atoms with Crippen LogP contribution < -0.4 is 0 Å². The summed E-state index contributed by atoms with van der Waals surface area (Å²) in [6, 6.07) is 12.1. The average molecular weight is 487 g/mol. The van der Waals surface area contributed by atoms with Crippen LogP contribution in [0.2, 0.25) is 0 Å². The van der Waals surface area contributed by atoms with Crippen LogP contribution in [0.4, 0.5) is 0 Å². The van der Waals surface area contributed by atoms with Gasteiger partial charge in [-0.1, -0.05) is 46.6 Å². The second-order valence-corrected chi connectivity index (χ2v) is 9.92. The lowest BCUT2D eigenvalue weighted by Crippen LogP contribution is -2.33. The zero-order chi connectivity index (χ0) is 26.0. The molecule has 0 aliphatic heterocycles. The van der Waals surface area contributed by atoms with Crippen molar-refractivity contribution in [2.75, 3.05) is 13.1 Å². The van der Waals surface area contributed by atoms with Crippen molar-refractivity contribution in [3.63, 3.8) is 0 Å². The highest BCUT2D eigenvalue weighted by atomic mass is 16.3. The topological polar surface area (TPSA) is 87.6 Å². The number of carbonyl (C=O) groups is 3. The third-order valence-electron chi connectivity index (χ3n) is 6.96. The van der Waals surface area contributed by atoms with Gasteiger partial charge in [-0.2, -0.15) is 0 Å². The van der Waals surface area contributed by atoms with Gasteiger partial charge in [0.1, 0.15) is 17.4 Å². The van der Waals surface area contributed by atoms with Crippen molar-refractivity contribution in [3.8, 4) is 5.75 Å². The van der Waals surface area contributed by atoms with E-state index in [-0.39, 0.29) is 28.5 Å². The van der Waals surface area contributed by atoms with E-state index in [1.165, 1.54) is 6.07 Å². The molecule has 0 fully saturated rings. The summed E-state index contributed by atoms with van der Waals surface area (Å²) in [5, 5.41) is 11.5. The van der Waals surface area contributed by atoms with Gasteiger partial charge in [-0.15, -0.1) is 0 Å². The predicted octanol–water partition coefficient (Wildman–Crippen LogP) is 6.27. The molecule has 1 N–H and O–H groups in total. The molecule has 1 unspecified atom stereocenters. The van der Waals surface area contributed by atoms with Gasteiger partial charge < -0.3 is 10.0 Å². The molecule has 36 heavy (non-hydrogen) atoms. The van der Waals surface area contributed by atoms with E-state index >= 15 is 0 Å². The summed E-state index contributed by atoms with van der Waals surface area (Å²) < 4.78 is 0. The molecule has 2 aromatic carbocycles. The molecule has 1 heterocycles. The van der Waals surface area contributed by atoms with Crippen LogP contribution in [0.15, 0.2) is 42.5 Å². The van der Waals surface area contributed by atoms with E-state index < -0.39 is 17.5 Å². The van der Waals surface area contributed by atoms with E-state index in [0.717, 1.165) is 36.6 Å². The number of nitrogens with zero attached hydrogens (tertiary/aromatic N) is 2. The zero-order valence-electron chi connectivity index (χ0n) is 21.5. The third kappa shape index (κ3) is 4.77. The summed E-state index contributed by atoms with van der Waals surface area (Å²) in [6.45, 7) is 9.66. The number of pyridine rings is 1. The maximum absolute atomic E-state index is 13.4. The number of aromatic hydroxyl groups is 1. The first-order valence-electron chi connectivity index (χ1n) is 12.9. The van der Waals surface area contributed by atoms with Crippen molar-refractivity contribution < 1.29 is 19.5 Å². The van der Waals surface area contributed by atoms with Crippen LogP contribution in [-0.4, -0.2) is 45.6 Å². The predicted molar refractivity (Wildman–Crippen MR) is 141 cm³/mol. The number of hydrogen-bond acceptors (Lipinski definition) is 5. The van der Waals surface area contributed by atoms with Crippen LogP contribution >= 0.6 is 0 Å². The van der Waals surface area contributed by atoms with Crippen molar-refractivity contribution in [1.29, 1.82) is 0 Å². The molecule has 0 radical (unpaired) electrons. The van der Waals surface area contributed by atoms with Gasteiger partial charge in [-0.05, 0) is 60.7 Å². The van der Waals surface area contributed by atoms with Crippen LogP contribution in [0.3, 0.4) is 0 Å². The molecule has 1 aliphatic carbocycles. The quantitative estimate of drug-likeness (QED) is 0.360. The number of fused-ring (bicyclic) bond motifs is 2. The van der Waals surface area contributed by atoms with Crippen molar-refractivity contribution in [2.45, 2.75) is 65.2 Å². The molecule has 0 saturated carbocycles.